The highest BCUT2D eigenvalue weighted by atomic mass is 19.2. The third-order valence-corrected chi connectivity index (χ3v) is 2.50. The van der Waals surface area contributed by atoms with E-state index >= 15 is 0 Å². The van der Waals surface area contributed by atoms with Crippen LogP contribution in [-0.4, -0.2) is 17.6 Å². The molecule has 0 atom stereocenters. The lowest BCUT2D eigenvalue weighted by Gasteiger charge is -2.05. The van der Waals surface area contributed by atoms with Crippen LogP contribution in [0.3, 0.4) is 0 Å². The maximum Gasteiger partial charge on any atom is 0.343 e. The van der Waals surface area contributed by atoms with E-state index in [4.69, 9.17) is 0 Å². The smallest absolute Gasteiger partial charge is 0.343 e. The lowest BCUT2D eigenvalue weighted by molar-refractivity contribution is 0.0524. The molecule has 0 aliphatic carbocycles. The minimum atomic E-state index is -1.43. The van der Waals surface area contributed by atoms with E-state index in [0.717, 1.165) is 6.20 Å². The molecule has 2 aromatic rings. The van der Waals surface area contributed by atoms with Gasteiger partial charge in [-0.3, -0.25) is 4.79 Å². The van der Waals surface area contributed by atoms with Gasteiger partial charge < -0.3 is 9.72 Å². The first kappa shape index (κ1) is 13.1. The first-order valence-corrected chi connectivity index (χ1v) is 5.33. The summed E-state index contributed by atoms with van der Waals surface area (Å²) in [5.41, 5.74) is -2.15. The second-order valence-electron chi connectivity index (χ2n) is 3.66. The van der Waals surface area contributed by atoms with Gasteiger partial charge in [0.25, 0.3) is 0 Å². The molecule has 0 aliphatic rings. The molecule has 0 aliphatic heterocycles. The number of aromatic nitrogens is 1. The molecule has 0 saturated heterocycles. The van der Waals surface area contributed by atoms with Crippen LogP contribution in [0.25, 0.3) is 10.9 Å². The van der Waals surface area contributed by atoms with Gasteiger partial charge in [-0.2, -0.15) is 0 Å². The van der Waals surface area contributed by atoms with Crippen molar-refractivity contribution < 1.29 is 22.7 Å². The summed E-state index contributed by atoms with van der Waals surface area (Å²) in [6.45, 7) is 1.55. The Morgan fingerprint density at radius 1 is 1.32 bits per heavy atom. The SMILES string of the molecule is CCOC(=O)c1c[nH]c2c(F)c(F)cc(F)c2c1=O. The Hall–Kier alpha value is -2.31. The van der Waals surface area contributed by atoms with Crippen LogP contribution in [-0.2, 0) is 4.74 Å². The van der Waals surface area contributed by atoms with Gasteiger partial charge in [0.1, 0.15) is 11.4 Å². The second-order valence-corrected chi connectivity index (χ2v) is 3.66. The Morgan fingerprint density at radius 3 is 2.63 bits per heavy atom. The monoisotopic (exact) mass is 271 g/mol. The number of ether oxygens (including phenoxy) is 1. The molecule has 4 nitrogen and oxygen atoms in total. The molecule has 19 heavy (non-hydrogen) atoms. The number of rotatable bonds is 2. The quantitative estimate of drug-likeness (QED) is 0.672. The highest BCUT2D eigenvalue weighted by Crippen LogP contribution is 2.19. The van der Waals surface area contributed by atoms with Gasteiger partial charge in [0, 0.05) is 12.3 Å². The van der Waals surface area contributed by atoms with Crippen molar-refractivity contribution >= 4 is 16.9 Å². The topological polar surface area (TPSA) is 59.2 Å². The molecule has 0 radical (unpaired) electrons. The van der Waals surface area contributed by atoms with Crippen LogP contribution >= 0.6 is 0 Å². The van der Waals surface area contributed by atoms with Crippen molar-refractivity contribution in [3.63, 3.8) is 0 Å². The minimum absolute atomic E-state index is 0.0244. The number of esters is 1. The summed E-state index contributed by atoms with van der Waals surface area (Å²) in [5, 5.41) is -0.718. The van der Waals surface area contributed by atoms with Crippen LogP contribution in [0.1, 0.15) is 17.3 Å². The number of hydrogen-bond acceptors (Lipinski definition) is 3. The van der Waals surface area contributed by atoms with Gasteiger partial charge in [-0.25, -0.2) is 18.0 Å². The molecule has 2 rings (SSSR count). The maximum absolute atomic E-state index is 13.5. The number of hydrogen-bond donors (Lipinski definition) is 1. The zero-order valence-electron chi connectivity index (χ0n) is 9.72. The molecular weight excluding hydrogens is 263 g/mol. The standard InChI is InChI=1S/C12H8F3NO3/c1-2-19-12(18)5-4-16-10-8(11(5)17)6(13)3-7(14)9(10)15/h3-4H,2H2,1H3,(H,16,17). The van der Waals surface area contributed by atoms with Crippen LogP contribution in [0.2, 0.25) is 0 Å². The van der Waals surface area contributed by atoms with Crippen LogP contribution in [0, 0.1) is 17.5 Å². The second kappa shape index (κ2) is 4.75. The van der Waals surface area contributed by atoms with Gasteiger partial charge in [-0.15, -0.1) is 0 Å². The predicted octanol–water partition coefficient (Wildman–Crippen LogP) is 2.12. The number of carbonyl (C=O) groups is 1. The zero-order valence-corrected chi connectivity index (χ0v) is 9.72. The molecule has 0 bridgehead atoms. The fourth-order valence-electron chi connectivity index (χ4n) is 1.66. The Bertz CT molecular complexity index is 724. The summed E-state index contributed by atoms with van der Waals surface area (Å²) in [7, 11) is 0. The summed E-state index contributed by atoms with van der Waals surface area (Å²) in [4.78, 5) is 25.5. The first-order chi connectivity index (χ1) is 8.97. The third-order valence-electron chi connectivity index (χ3n) is 2.50. The number of halogens is 3. The molecule has 0 amide bonds. The van der Waals surface area contributed by atoms with Gasteiger partial charge in [0.05, 0.1) is 17.5 Å². The largest absolute Gasteiger partial charge is 0.462 e. The lowest BCUT2D eigenvalue weighted by Crippen LogP contribution is -2.19. The zero-order chi connectivity index (χ0) is 14.2. The molecule has 7 heteroatoms. The van der Waals surface area contributed by atoms with Crippen molar-refractivity contribution in [2.75, 3.05) is 6.61 Å². The number of H-pyrrole nitrogens is 1. The molecule has 1 N–H and O–H groups in total. The molecule has 0 fully saturated rings. The molecule has 100 valence electrons. The Labute approximate surface area is 104 Å². The molecule has 1 heterocycles. The summed E-state index contributed by atoms with van der Waals surface area (Å²) >= 11 is 0. The minimum Gasteiger partial charge on any atom is -0.462 e. The number of fused-ring (bicyclic) bond motifs is 1. The van der Waals surface area contributed by atoms with Crippen LogP contribution < -0.4 is 5.43 Å². The van der Waals surface area contributed by atoms with Gasteiger partial charge >= 0.3 is 5.97 Å². The number of carbonyl (C=O) groups excluding carboxylic acids is 1. The lowest BCUT2D eigenvalue weighted by atomic mass is 10.1. The van der Waals surface area contributed by atoms with Crippen molar-refractivity contribution in [2.45, 2.75) is 6.92 Å². The van der Waals surface area contributed by atoms with Gasteiger partial charge in [-0.05, 0) is 6.92 Å². The Kier molecular flexibility index (Phi) is 3.28. The molecule has 0 spiro atoms. The van der Waals surface area contributed by atoms with E-state index < -0.39 is 45.3 Å². The van der Waals surface area contributed by atoms with E-state index in [9.17, 15) is 22.8 Å². The van der Waals surface area contributed by atoms with Crippen LogP contribution in [0.15, 0.2) is 17.1 Å². The molecule has 0 unspecified atom stereocenters. The first-order valence-electron chi connectivity index (χ1n) is 5.33. The van der Waals surface area contributed by atoms with Crippen molar-refractivity contribution in [2.24, 2.45) is 0 Å². The molecular formula is C12H8F3NO3. The van der Waals surface area contributed by atoms with Gasteiger partial charge in [0.2, 0.25) is 5.43 Å². The Balaban J connectivity index is 2.80. The fourth-order valence-corrected chi connectivity index (χ4v) is 1.66. The van der Waals surface area contributed by atoms with E-state index in [-0.39, 0.29) is 12.7 Å². The molecule has 0 saturated carbocycles. The van der Waals surface area contributed by atoms with E-state index in [1.54, 1.807) is 0 Å². The van der Waals surface area contributed by atoms with E-state index in [0.29, 0.717) is 0 Å². The number of nitrogens with one attached hydrogen (secondary N) is 1. The van der Waals surface area contributed by atoms with Crippen LogP contribution in [0.5, 0.6) is 0 Å². The summed E-state index contributed by atoms with van der Waals surface area (Å²) < 4.78 is 44.5. The number of aromatic amines is 1. The van der Waals surface area contributed by atoms with Crippen LogP contribution in [0.4, 0.5) is 13.2 Å². The third kappa shape index (κ3) is 2.07. The van der Waals surface area contributed by atoms with E-state index in [1.807, 2.05) is 0 Å². The summed E-state index contributed by atoms with van der Waals surface area (Å²) in [6, 6.07) is 0.252. The molecule has 1 aromatic carbocycles. The summed E-state index contributed by atoms with van der Waals surface area (Å²) in [5.74, 6) is -5.02. The van der Waals surface area contributed by atoms with E-state index in [1.165, 1.54) is 6.92 Å². The van der Waals surface area contributed by atoms with Crippen molar-refractivity contribution in [1.82, 2.24) is 4.98 Å². The summed E-state index contributed by atoms with van der Waals surface area (Å²) in [6.07, 6.45) is 0.866. The number of benzene rings is 1. The highest BCUT2D eigenvalue weighted by Gasteiger charge is 2.20. The number of pyridine rings is 1. The van der Waals surface area contributed by atoms with Gasteiger partial charge in [-0.1, -0.05) is 0 Å². The maximum atomic E-state index is 13.5. The van der Waals surface area contributed by atoms with Crippen molar-refractivity contribution in [3.05, 3.63) is 45.5 Å². The fraction of sp³-hybridized carbons (Fsp3) is 0.167. The normalized spacial score (nSPS) is 10.7. The Morgan fingerprint density at radius 2 is 2.00 bits per heavy atom. The van der Waals surface area contributed by atoms with Gasteiger partial charge in [0.15, 0.2) is 11.6 Å². The predicted molar refractivity (Wildman–Crippen MR) is 60.4 cm³/mol. The average molecular weight is 271 g/mol. The molecule has 1 aromatic heterocycles. The van der Waals surface area contributed by atoms with Crippen molar-refractivity contribution in [3.8, 4) is 0 Å². The van der Waals surface area contributed by atoms with Crippen molar-refractivity contribution in [1.29, 1.82) is 0 Å². The van der Waals surface area contributed by atoms with E-state index in [2.05, 4.69) is 9.72 Å². The highest BCUT2D eigenvalue weighted by molar-refractivity contribution is 5.93. The average Bonchev–Trinajstić information content (AvgIpc) is 2.35.